The number of carbonyl (C=O) groups excluding carboxylic acids is 1. The fourth-order valence-electron chi connectivity index (χ4n) is 2.84. The van der Waals surface area contributed by atoms with Crippen molar-refractivity contribution in [3.05, 3.63) is 17.7 Å². The molecule has 5 nitrogen and oxygen atoms in total. The van der Waals surface area contributed by atoms with Crippen LogP contribution in [-0.4, -0.2) is 30.8 Å². The van der Waals surface area contributed by atoms with Crippen molar-refractivity contribution in [3.8, 4) is 17.2 Å². The summed E-state index contributed by atoms with van der Waals surface area (Å²) < 4.78 is 10.2. The van der Waals surface area contributed by atoms with E-state index in [-0.39, 0.29) is 28.4 Å². The number of hydrogen-bond donors (Lipinski definition) is 2. The molecule has 0 bridgehead atoms. The topological polar surface area (TPSA) is 67.8 Å². The zero-order valence-corrected chi connectivity index (χ0v) is 14.5. The molecule has 0 fully saturated rings. The SMILES string of the molecule is COc1ccc(C(=O)NC(C)(C)CC(C)(C)C)c(O)c1OC. The first-order valence-electron chi connectivity index (χ1n) is 7.27. The minimum atomic E-state index is -0.394. The van der Waals surface area contributed by atoms with Gasteiger partial charge in [-0.05, 0) is 37.8 Å². The van der Waals surface area contributed by atoms with Crippen LogP contribution in [0.3, 0.4) is 0 Å². The molecule has 22 heavy (non-hydrogen) atoms. The third-order valence-corrected chi connectivity index (χ3v) is 3.19. The molecule has 0 saturated carbocycles. The molecular weight excluding hydrogens is 282 g/mol. The molecule has 5 heteroatoms. The van der Waals surface area contributed by atoms with Crippen LogP contribution in [-0.2, 0) is 0 Å². The molecule has 0 spiro atoms. The Morgan fingerprint density at radius 3 is 2.18 bits per heavy atom. The highest BCUT2D eigenvalue weighted by molar-refractivity contribution is 5.98. The summed E-state index contributed by atoms with van der Waals surface area (Å²) in [4.78, 5) is 12.5. The molecule has 0 saturated heterocycles. The molecule has 0 heterocycles. The maximum absolute atomic E-state index is 12.5. The van der Waals surface area contributed by atoms with E-state index < -0.39 is 5.54 Å². The Balaban J connectivity index is 3.04. The Kier molecular flexibility index (Phi) is 5.33. The third-order valence-electron chi connectivity index (χ3n) is 3.19. The normalized spacial score (nSPS) is 12.0. The van der Waals surface area contributed by atoms with Crippen LogP contribution in [0, 0.1) is 5.41 Å². The third kappa shape index (κ3) is 4.55. The number of phenols is 1. The van der Waals surface area contributed by atoms with Crippen molar-refractivity contribution in [2.75, 3.05) is 14.2 Å². The Hall–Kier alpha value is -1.91. The van der Waals surface area contributed by atoms with Gasteiger partial charge >= 0.3 is 0 Å². The quantitative estimate of drug-likeness (QED) is 0.875. The van der Waals surface area contributed by atoms with Crippen molar-refractivity contribution in [3.63, 3.8) is 0 Å². The van der Waals surface area contributed by atoms with Gasteiger partial charge in [0, 0.05) is 5.54 Å². The van der Waals surface area contributed by atoms with Gasteiger partial charge in [-0.3, -0.25) is 4.79 Å². The first-order valence-corrected chi connectivity index (χ1v) is 7.27. The fourth-order valence-corrected chi connectivity index (χ4v) is 2.84. The fraction of sp³-hybridized carbons (Fsp3) is 0.588. The van der Waals surface area contributed by atoms with Crippen LogP contribution in [0.1, 0.15) is 51.4 Å². The lowest BCUT2D eigenvalue weighted by Gasteiger charge is -2.33. The molecule has 1 rings (SSSR count). The molecule has 0 aliphatic rings. The standard InChI is InChI=1S/C17H27NO4/c1-16(2,3)10-17(4,5)18-15(20)11-8-9-12(21-6)14(22-7)13(11)19/h8-9,19H,10H2,1-7H3,(H,18,20). The maximum atomic E-state index is 12.5. The predicted octanol–water partition coefficient (Wildman–Crippen LogP) is 3.35. The van der Waals surface area contributed by atoms with E-state index in [2.05, 4.69) is 26.1 Å². The highest BCUT2D eigenvalue weighted by atomic mass is 16.5. The van der Waals surface area contributed by atoms with E-state index in [0.29, 0.717) is 5.75 Å². The first-order chi connectivity index (χ1) is 10.0. The number of methoxy groups -OCH3 is 2. The average molecular weight is 309 g/mol. The van der Waals surface area contributed by atoms with E-state index in [9.17, 15) is 9.90 Å². The lowest BCUT2D eigenvalue weighted by atomic mass is 9.81. The van der Waals surface area contributed by atoms with E-state index in [1.807, 2.05) is 13.8 Å². The highest BCUT2D eigenvalue weighted by Crippen LogP contribution is 2.39. The van der Waals surface area contributed by atoms with E-state index in [0.717, 1.165) is 6.42 Å². The number of amides is 1. The molecule has 124 valence electrons. The van der Waals surface area contributed by atoms with E-state index in [1.54, 1.807) is 6.07 Å². The number of benzene rings is 1. The zero-order valence-electron chi connectivity index (χ0n) is 14.5. The summed E-state index contributed by atoms with van der Waals surface area (Å²) in [5.41, 5.74) is -0.148. The monoisotopic (exact) mass is 309 g/mol. The van der Waals surface area contributed by atoms with Gasteiger partial charge in [0.2, 0.25) is 5.75 Å². The van der Waals surface area contributed by atoms with Gasteiger partial charge in [0.1, 0.15) is 0 Å². The molecule has 2 N–H and O–H groups in total. The number of ether oxygens (including phenoxy) is 2. The Labute approximate surface area is 132 Å². The molecule has 1 amide bonds. The molecule has 0 aromatic heterocycles. The van der Waals surface area contributed by atoms with Crippen molar-refractivity contribution in [2.45, 2.75) is 46.6 Å². The number of rotatable bonds is 5. The Bertz CT molecular complexity index is 544. The van der Waals surface area contributed by atoms with Gasteiger partial charge in [0.15, 0.2) is 11.5 Å². The Morgan fingerprint density at radius 1 is 1.14 bits per heavy atom. The molecule has 0 radical (unpaired) electrons. The predicted molar refractivity (Wildman–Crippen MR) is 86.8 cm³/mol. The van der Waals surface area contributed by atoms with Gasteiger partial charge < -0.3 is 19.9 Å². The number of hydrogen-bond acceptors (Lipinski definition) is 4. The summed E-state index contributed by atoms with van der Waals surface area (Å²) in [5, 5.41) is 13.2. The smallest absolute Gasteiger partial charge is 0.255 e. The molecule has 0 aliphatic heterocycles. The Morgan fingerprint density at radius 2 is 1.73 bits per heavy atom. The van der Waals surface area contributed by atoms with Gasteiger partial charge in [-0.25, -0.2) is 0 Å². The van der Waals surface area contributed by atoms with Gasteiger partial charge in [0.25, 0.3) is 5.91 Å². The van der Waals surface area contributed by atoms with Crippen LogP contribution in [0.15, 0.2) is 12.1 Å². The van der Waals surface area contributed by atoms with Crippen molar-refractivity contribution in [1.82, 2.24) is 5.32 Å². The summed E-state index contributed by atoms with van der Waals surface area (Å²) in [6.45, 7) is 10.3. The van der Waals surface area contributed by atoms with Crippen LogP contribution in [0.5, 0.6) is 17.2 Å². The molecule has 0 aliphatic carbocycles. The van der Waals surface area contributed by atoms with Crippen molar-refractivity contribution >= 4 is 5.91 Å². The van der Waals surface area contributed by atoms with E-state index in [1.165, 1.54) is 20.3 Å². The summed E-state index contributed by atoms with van der Waals surface area (Å²) >= 11 is 0. The summed E-state index contributed by atoms with van der Waals surface area (Å²) in [7, 11) is 2.90. The van der Waals surface area contributed by atoms with Crippen molar-refractivity contribution in [2.24, 2.45) is 5.41 Å². The summed E-state index contributed by atoms with van der Waals surface area (Å²) in [6.07, 6.45) is 0.805. The van der Waals surface area contributed by atoms with Crippen LogP contribution >= 0.6 is 0 Å². The largest absolute Gasteiger partial charge is 0.504 e. The van der Waals surface area contributed by atoms with Crippen molar-refractivity contribution < 1.29 is 19.4 Å². The number of nitrogens with one attached hydrogen (secondary N) is 1. The minimum absolute atomic E-state index is 0.0798. The van der Waals surface area contributed by atoms with Gasteiger partial charge in [-0.1, -0.05) is 20.8 Å². The maximum Gasteiger partial charge on any atom is 0.255 e. The number of phenolic OH excluding ortho intramolecular Hbond substituents is 1. The van der Waals surface area contributed by atoms with Crippen LogP contribution in [0.4, 0.5) is 0 Å². The highest BCUT2D eigenvalue weighted by Gasteiger charge is 2.29. The molecular formula is C17H27NO4. The summed E-state index contributed by atoms with van der Waals surface area (Å²) in [6, 6.07) is 3.13. The molecule has 0 atom stereocenters. The lowest BCUT2D eigenvalue weighted by Crippen LogP contribution is -2.45. The van der Waals surface area contributed by atoms with Crippen molar-refractivity contribution in [1.29, 1.82) is 0 Å². The number of aromatic hydroxyl groups is 1. The first kappa shape index (κ1) is 18.1. The van der Waals surface area contributed by atoms with E-state index >= 15 is 0 Å². The number of carbonyl (C=O) groups is 1. The van der Waals surface area contributed by atoms with Gasteiger partial charge in [-0.15, -0.1) is 0 Å². The second kappa shape index (κ2) is 6.46. The van der Waals surface area contributed by atoms with Crippen LogP contribution in [0.2, 0.25) is 0 Å². The summed E-state index contributed by atoms with van der Waals surface area (Å²) in [5.74, 6) is -0.0205. The van der Waals surface area contributed by atoms with Crippen LogP contribution in [0.25, 0.3) is 0 Å². The van der Waals surface area contributed by atoms with Gasteiger partial charge in [-0.2, -0.15) is 0 Å². The van der Waals surface area contributed by atoms with Gasteiger partial charge in [0.05, 0.1) is 19.8 Å². The van der Waals surface area contributed by atoms with Crippen LogP contribution < -0.4 is 14.8 Å². The van der Waals surface area contributed by atoms with E-state index in [4.69, 9.17) is 9.47 Å². The molecule has 0 unspecified atom stereocenters. The zero-order chi connectivity index (χ0) is 17.1. The second-order valence-corrected chi connectivity index (χ2v) is 7.27. The second-order valence-electron chi connectivity index (χ2n) is 7.27. The molecule has 1 aromatic carbocycles. The molecule has 1 aromatic rings. The minimum Gasteiger partial charge on any atom is -0.504 e. The average Bonchev–Trinajstić information content (AvgIpc) is 2.34. The lowest BCUT2D eigenvalue weighted by molar-refractivity contribution is 0.0888.